The first-order valence-corrected chi connectivity index (χ1v) is 5.66. The van der Waals surface area contributed by atoms with Gasteiger partial charge in [-0.25, -0.2) is 0 Å². The molecule has 1 aromatic rings. The highest BCUT2D eigenvalue weighted by Gasteiger charge is 2.14. The third-order valence-electron chi connectivity index (χ3n) is 2.60. The number of nitrogens with two attached hydrogens (primary N) is 1. The van der Waals surface area contributed by atoms with E-state index in [9.17, 15) is 0 Å². The smallest absolute Gasteiger partial charge is 0.0629 e. The topological polar surface area (TPSA) is 55.9 Å². The van der Waals surface area contributed by atoms with E-state index < -0.39 is 0 Å². The maximum atomic E-state index is 5.58. The molecule has 0 aliphatic heterocycles. The Labute approximate surface area is 97.2 Å². The quantitative estimate of drug-likeness (QED) is 0.331. The van der Waals surface area contributed by atoms with Gasteiger partial charge in [0, 0.05) is 13.0 Å². The van der Waals surface area contributed by atoms with Gasteiger partial charge in [-0.2, -0.15) is 5.10 Å². The van der Waals surface area contributed by atoms with Gasteiger partial charge in [-0.3, -0.25) is 16.0 Å². The fraction of sp³-hybridized carbons (Fsp3) is 0.583. The summed E-state index contributed by atoms with van der Waals surface area (Å²) in [7, 11) is 0. The van der Waals surface area contributed by atoms with Crippen molar-refractivity contribution in [2.75, 3.05) is 0 Å². The van der Waals surface area contributed by atoms with Crippen molar-refractivity contribution in [3.05, 3.63) is 17.5 Å². The molecule has 3 N–H and O–H groups in total. The van der Waals surface area contributed by atoms with Crippen LogP contribution in [0, 0.1) is 19.3 Å². The van der Waals surface area contributed by atoms with Crippen molar-refractivity contribution in [2.24, 2.45) is 5.84 Å². The standard InChI is InChI=1S/C12H20N4/c1-4-6-7-8-11(14-13)12-9-10(3)15-16(12)5-2/h1,9,11,14H,5-8,13H2,2-3H3. The van der Waals surface area contributed by atoms with Gasteiger partial charge >= 0.3 is 0 Å². The van der Waals surface area contributed by atoms with Crippen molar-refractivity contribution in [1.82, 2.24) is 15.2 Å². The molecule has 0 amide bonds. The van der Waals surface area contributed by atoms with Gasteiger partial charge in [0.15, 0.2) is 0 Å². The number of nitrogens with zero attached hydrogens (tertiary/aromatic N) is 2. The lowest BCUT2D eigenvalue weighted by Gasteiger charge is -2.16. The molecule has 0 bridgehead atoms. The third-order valence-corrected chi connectivity index (χ3v) is 2.60. The Morgan fingerprint density at radius 3 is 3.00 bits per heavy atom. The average molecular weight is 220 g/mol. The van der Waals surface area contributed by atoms with Gasteiger partial charge < -0.3 is 0 Å². The molecule has 0 spiro atoms. The van der Waals surface area contributed by atoms with Crippen LogP contribution in [0.5, 0.6) is 0 Å². The second kappa shape index (κ2) is 6.31. The minimum absolute atomic E-state index is 0.134. The van der Waals surface area contributed by atoms with Crippen molar-refractivity contribution in [2.45, 2.75) is 45.7 Å². The van der Waals surface area contributed by atoms with Gasteiger partial charge in [0.25, 0.3) is 0 Å². The Kier molecular flexibility index (Phi) is 5.03. The van der Waals surface area contributed by atoms with Gasteiger partial charge in [-0.1, -0.05) is 0 Å². The lowest BCUT2D eigenvalue weighted by atomic mass is 10.1. The predicted molar refractivity (Wildman–Crippen MR) is 65.4 cm³/mol. The summed E-state index contributed by atoms with van der Waals surface area (Å²) in [5.74, 6) is 8.22. The van der Waals surface area contributed by atoms with Crippen LogP contribution in [0.4, 0.5) is 0 Å². The van der Waals surface area contributed by atoms with Crippen molar-refractivity contribution < 1.29 is 0 Å². The van der Waals surface area contributed by atoms with E-state index in [1.54, 1.807) is 0 Å². The van der Waals surface area contributed by atoms with E-state index in [1.807, 2.05) is 11.6 Å². The number of aryl methyl sites for hydroxylation is 2. The molecule has 0 aliphatic rings. The van der Waals surface area contributed by atoms with Crippen molar-refractivity contribution in [1.29, 1.82) is 0 Å². The van der Waals surface area contributed by atoms with E-state index in [0.29, 0.717) is 0 Å². The van der Waals surface area contributed by atoms with Crippen LogP contribution in [0.15, 0.2) is 6.07 Å². The molecule has 1 heterocycles. The summed E-state index contributed by atoms with van der Waals surface area (Å²) in [5, 5.41) is 4.41. The number of hydrogen-bond acceptors (Lipinski definition) is 3. The van der Waals surface area contributed by atoms with E-state index in [1.165, 1.54) is 0 Å². The fourth-order valence-corrected chi connectivity index (χ4v) is 1.82. The monoisotopic (exact) mass is 220 g/mol. The lowest BCUT2D eigenvalue weighted by molar-refractivity contribution is 0.457. The molecule has 0 fully saturated rings. The fourth-order valence-electron chi connectivity index (χ4n) is 1.82. The van der Waals surface area contributed by atoms with E-state index in [0.717, 1.165) is 37.2 Å². The first kappa shape index (κ1) is 12.8. The second-order valence-electron chi connectivity index (χ2n) is 3.84. The summed E-state index contributed by atoms with van der Waals surface area (Å²) in [6.45, 7) is 4.92. The van der Waals surface area contributed by atoms with Gasteiger partial charge in [0.1, 0.15) is 0 Å². The highest BCUT2D eigenvalue weighted by molar-refractivity contribution is 5.13. The molecule has 4 heteroatoms. The van der Waals surface area contributed by atoms with Gasteiger partial charge in [-0.05, 0) is 32.8 Å². The maximum absolute atomic E-state index is 5.58. The number of rotatable bonds is 6. The van der Waals surface area contributed by atoms with Crippen LogP contribution in [-0.2, 0) is 6.54 Å². The molecule has 1 atom stereocenters. The molecule has 1 rings (SSSR count). The first-order chi connectivity index (χ1) is 7.72. The SMILES string of the molecule is C#CCCCC(NN)c1cc(C)nn1CC. The Bertz CT molecular complexity index is 362. The molecule has 16 heavy (non-hydrogen) atoms. The lowest BCUT2D eigenvalue weighted by Crippen LogP contribution is -2.29. The zero-order valence-corrected chi connectivity index (χ0v) is 10.0. The van der Waals surface area contributed by atoms with Crippen LogP contribution in [-0.4, -0.2) is 9.78 Å². The number of terminal acetylenes is 1. The molecule has 0 radical (unpaired) electrons. The summed E-state index contributed by atoms with van der Waals surface area (Å²) < 4.78 is 1.98. The molecular formula is C12H20N4. The average Bonchev–Trinajstić information content (AvgIpc) is 2.66. The number of nitrogens with one attached hydrogen (secondary N) is 1. The van der Waals surface area contributed by atoms with Crippen molar-refractivity contribution >= 4 is 0 Å². The highest BCUT2D eigenvalue weighted by atomic mass is 15.3. The second-order valence-corrected chi connectivity index (χ2v) is 3.84. The first-order valence-electron chi connectivity index (χ1n) is 5.66. The Morgan fingerprint density at radius 1 is 1.69 bits per heavy atom. The van der Waals surface area contributed by atoms with E-state index in [-0.39, 0.29) is 6.04 Å². The van der Waals surface area contributed by atoms with Crippen LogP contribution in [0.1, 0.15) is 43.6 Å². The molecule has 0 aliphatic carbocycles. The highest BCUT2D eigenvalue weighted by Crippen LogP contribution is 2.19. The summed E-state index contributed by atoms with van der Waals surface area (Å²) in [6, 6.07) is 2.21. The summed E-state index contributed by atoms with van der Waals surface area (Å²) >= 11 is 0. The molecule has 88 valence electrons. The van der Waals surface area contributed by atoms with Gasteiger partial charge in [-0.15, -0.1) is 12.3 Å². The normalized spacial score (nSPS) is 12.4. The summed E-state index contributed by atoms with van der Waals surface area (Å²) in [6.07, 6.45) is 7.93. The van der Waals surface area contributed by atoms with Gasteiger partial charge in [0.05, 0.1) is 17.4 Å². The third kappa shape index (κ3) is 3.09. The van der Waals surface area contributed by atoms with Crippen LogP contribution >= 0.6 is 0 Å². The number of aromatic nitrogens is 2. The van der Waals surface area contributed by atoms with Crippen LogP contribution in [0.25, 0.3) is 0 Å². The minimum Gasteiger partial charge on any atom is -0.271 e. The Hall–Kier alpha value is -1.31. The molecule has 0 saturated heterocycles. The number of hydrogen-bond donors (Lipinski definition) is 2. The molecule has 4 nitrogen and oxygen atoms in total. The van der Waals surface area contributed by atoms with Crippen molar-refractivity contribution in [3.8, 4) is 12.3 Å². The Balaban J connectivity index is 2.74. The zero-order chi connectivity index (χ0) is 12.0. The molecule has 0 saturated carbocycles. The molecule has 1 aromatic heterocycles. The largest absolute Gasteiger partial charge is 0.271 e. The number of unbranched alkanes of at least 4 members (excludes halogenated alkanes) is 1. The molecule has 0 aromatic carbocycles. The molecule has 1 unspecified atom stereocenters. The Morgan fingerprint density at radius 2 is 2.44 bits per heavy atom. The van der Waals surface area contributed by atoms with Crippen LogP contribution in [0.3, 0.4) is 0 Å². The van der Waals surface area contributed by atoms with Crippen molar-refractivity contribution in [3.63, 3.8) is 0 Å². The number of hydrazine groups is 1. The predicted octanol–water partition coefficient (Wildman–Crippen LogP) is 1.52. The zero-order valence-electron chi connectivity index (χ0n) is 10.0. The van der Waals surface area contributed by atoms with E-state index in [2.05, 4.69) is 29.4 Å². The van der Waals surface area contributed by atoms with Gasteiger partial charge in [0.2, 0.25) is 0 Å². The van der Waals surface area contributed by atoms with Crippen LogP contribution < -0.4 is 11.3 Å². The maximum Gasteiger partial charge on any atom is 0.0629 e. The van der Waals surface area contributed by atoms with Crippen LogP contribution in [0.2, 0.25) is 0 Å². The summed E-state index contributed by atoms with van der Waals surface area (Å²) in [4.78, 5) is 0. The minimum atomic E-state index is 0.134. The summed E-state index contributed by atoms with van der Waals surface area (Å²) in [5.41, 5.74) is 5.00. The van der Waals surface area contributed by atoms with E-state index in [4.69, 9.17) is 12.3 Å². The molecular weight excluding hydrogens is 200 g/mol. The van der Waals surface area contributed by atoms with E-state index >= 15 is 0 Å².